The minimum atomic E-state index is 0.960. The maximum Gasteiger partial charge on any atom is 0.0719 e. The summed E-state index contributed by atoms with van der Waals surface area (Å²) in [5.41, 5.74) is 6.53. The summed E-state index contributed by atoms with van der Waals surface area (Å²) in [7, 11) is 1.80. The van der Waals surface area contributed by atoms with Gasteiger partial charge in [-0.2, -0.15) is 0 Å². The third-order valence-corrected chi connectivity index (χ3v) is 4.03. The molecule has 1 aromatic carbocycles. The normalized spacial score (nSPS) is 12.6. The molecule has 0 aliphatic rings. The summed E-state index contributed by atoms with van der Waals surface area (Å²) >= 11 is 3.60. The number of aliphatic imine (C=N–C) groups is 2. The van der Waals surface area contributed by atoms with E-state index in [4.69, 9.17) is 0 Å². The van der Waals surface area contributed by atoms with Crippen LogP contribution in [0, 0.1) is 13.8 Å². The number of hydrogen-bond acceptors (Lipinski definition) is 2. The molecule has 0 amide bonds. The van der Waals surface area contributed by atoms with Gasteiger partial charge >= 0.3 is 0 Å². The summed E-state index contributed by atoms with van der Waals surface area (Å²) in [5.74, 6) is 0. The van der Waals surface area contributed by atoms with E-state index in [9.17, 15) is 0 Å². The van der Waals surface area contributed by atoms with Gasteiger partial charge in [0, 0.05) is 28.5 Å². The zero-order chi connectivity index (χ0) is 14.6. The van der Waals surface area contributed by atoms with E-state index in [0.29, 0.717) is 0 Å². The minimum absolute atomic E-state index is 0.960. The van der Waals surface area contributed by atoms with E-state index in [0.717, 1.165) is 27.2 Å². The fourth-order valence-electron chi connectivity index (χ4n) is 1.78. The van der Waals surface area contributed by atoms with Crippen molar-refractivity contribution in [2.75, 3.05) is 7.05 Å². The first-order valence-electron chi connectivity index (χ1n) is 6.29. The van der Waals surface area contributed by atoms with Crippen LogP contribution >= 0.6 is 15.9 Å². The molecule has 0 aliphatic heterocycles. The lowest BCUT2D eigenvalue weighted by atomic mass is 10.0. The van der Waals surface area contributed by atoms with E-state index in [1.807, 2.05) is 26.8 Å². The van der Waals surface area contributed by atoms with Crippen molar-refractivity contribution in [3.63, 3.8) is 0 Å². The number of rotatable bonds is 3. The first-order chi connectivity index (χ1) is 8.85. The Balaban J connectivity index is 3.42. The van der Waals surface area contributed by atoms with Crippen molar-refractivity contribution < 1.29 is 0 Å². The minimum Gasteiger partial charge on any atom is -0.293 e. The fraction of sp³-hybridized carbons (Fsp3) is 0.375. The van der Waals surface area contributed by atoms with Crippen LogP contribution in [0.25, 0.3) is 5.70 Å². The molecule has 19 heavy (non-hydrogen) atoms. The summed E-state index contributed by atoms with van der Waals surface area (Å²) < 4.78 is 1.16. The van der Waals surface area contributed by atoms with E-state index in [1.165, 1.54) is 11.1 Å². The molecule has 0 aromatic heterocycles. The van der Waals surface area contributed by atoms with Gasteiger partial charge in [-0.3, -0.25) is 9.98 Å². The van der Waals surface area contributed by atoms with Crippen molar-refractivity contribution in [2.45, 2.75) is 34.6 Å². The van der Waals surface area contributed by atoms with Gasteiger partial charge in [-0.05, 0) is 64.0 Å². The van der Waals surface area contributed by atoms with E-state index >= 15 is 0 Å². The molecule has 0 unspecified atom stereocenters. The number of aryl methyl sites for hydroxylation is 2. The fourth-order valence-corrected chi connectivity index (χ4v) is 2.01. The monoisotopic (exact) mass is 320 g/mol. The Morgan fingerprint density at radius 1 is 1.11 bits per heavy atom. The maximum atomic E-state index is 4.63. The highest BCUT2D eigenvalue weighted by Gasteiger charge is 2.06. The molecule has 1 rings (SSSR count). The Morgan fingerprint density at radius 2 is 1.63 bits per heavy atom. The Labute approximate surface area is 124 Å². The molecule has 0 N–H and O–H groups in total. The molecule has 2 nitrogen and oxygen atoms in total. The van der Waals surface area contributed by atoms with Crippen LogP contribution in [-0.4, -0.2) is 18.5 Å². The first-order valence-corrected chi connectivity index (χ1v) is 7.08. The van der Waals surface area contributed by atoms with Crippen LogP contribution in [0.4, 0.5) is 0 Å². The molecule has 0 heterocycles. The molecule has 0 atom stereocenters. The second-order valence-corrected chi connectivity index (χ2v) is 5.67. The van der Waals surface area contributed by atoms with Gasteiger partial charge in [0.15, 0.2) is 0 Å². The molecule has 102 valence electrons. The van der Waals surface area contributed by atoms with Gasteiger partial charge in [-0.1, -0.05) is 15.9 Å². The second-order valence-electron chi connectivity index (χ2n) is 4.88. The van der Waals surface area contributed by atoms with Gasteiger partial charge in [0.05, 0.1) is 5.70 Å². The van der Waals surface area contributed by atoms with Crippen LogP contribution in [0.5, 0.6) is 0 Å². The number of nitrogens with zero attached hydrogens (tertiary/aromatic N) is 2. The third-order valence-electron chi connectivity index (χ3n) is 2.77. The van der Waals surface area contributed by atoms with Crippen LogP contribution in [0.1, 0.15) is 37.5 Å². The van der Waals surface area contributed by atoms with E-state index in [-0.39, 0.29) is 0 Å². The smallest absolute Gasteiger partial charge is 0.0719 e. The molecule has 0 radical (unpaired) electrons. The van der Waals surface area contributed by atoms with Gasteiger partial charge in [-0.25, -0.2) is 0 Å². The highest BCUT2D eigenvalue weighted by Crippen LogP contribution is 2.27. The van der Waals surface area contributed by atoms with Crippen LogP contribution in [-0.2, 0) is 0 Å². The molecule has 0 saturated carbocycles. The average Bonchev–Trinajstić information content (AvgIpc) is 2.33. The second kappa shape index (κ2) is 6.80. The third kappa shape index (κ3) is 4.43. The van der Waals surface area contributed by atoms with Crippen LogP contribution in [0.15, 0.2) is 32.7 Å². The van der Waals surface area contributed by atoms with Crippen molar-refractivity contribution in [1.29, 1.82) is 0 Å². The molecule has 0 fully saturated rings. The van der Waals surface area contributed by atoms with Gasteiger partial charge < -0.3 is 0 Å². The largest absolute Gasteiger partial charge is 0.293 e. The number of allylic oxidation sites excluding steroid dienone is 1. The predicted octanol–water partition coefficient (Wildman–Crippen LogP) is 4.98. The summed E-state index contributed by atoms with van der Waals surface area (Å²) in [6, 6.07) is 4.30. The van der Waals surface area contributed by atoms with Crippen molar-refractivity contribution in [1.82, 2.24) is 0 Å². The molecular weight excluding hydrogens is 300 g/mol. The van der Waals surface area contributed by atoms with Crippen molar-refractivity contribution in [3.05, 3.63) is 39.4 Å². The number of halogens is 1. The summed E-state index contributed by atoms with van der Waals surface area (Å²) in [4.78, 5) is 8.81. The lowest BCUT2D eigenvalue weighted by Crippen LogP contribution is -1.94. The van der Waals surface area contributed by atoms with Crippen LogP contribution in [0.3, 0.4) is 0 Å². The van der Waals surface area contributed by atoms with E-state index < -0.39 is 0 Å². The lowest BCUT2D eigenvalue weighted by Gasteiger charge is -2.09. The van der Waals surface area contributed by atoms with E-state index in [1.54, 1.807) is 7.05 Å². The zero-order valence-corrected chi connectivity index (χ0v) is 14.1. The lowest BCUT2D eigenvalue weighted by molar-refractivity contribution is 1.31. The van der Waals surface area contributed by atoms with Gasteiger partial charge in [0.1, 0.15) is 0 Å². The SMILES string of the molecule is C/N=C(C)/C=C(\N=C(C)C)c1cc(C)c(Br)c(C)c1. The molecule has 1 aromatic rings. The Morgan fingerprint density at radius 3 is 2.05 bits per heavy atom. The van der Waals surface area contributed by atoms with Gasteiger partial charge in [-0.15, -0.1) is 0 Å². The first kappa shape index (κ1) is 15.8. The average molecular weight is 321 g/mol. The Hall–Kier alpha value is -1.22. The molecule has 0 aliphatic carbocycles. The number of benzene rings is 1. The molecule has 0 spiro atoms. The van der Waals surface area contributed by atoms with Crippen LogP contribution < -0.4 is 0 Å². The van der Waals surface area contributed by atoms with Crippen molar-refractivity contribution in [2.24, 2.45) is 9.98 Å². The Bertz CT molecular complexity index is 539. The zero-order valence-electron chi connectivity index (χ0n) is 12.5. The summed E-state index contributed by atoms with van der Waals surface area (Å²) in [5, 5.41) is 0. The number of hydrogen-bond donors (Lipinski definition) is 0. The molecule has 0 bridgehead atoms. The standard InChI is InChI=1S/C16H21BrN2/c1-10(2)19-15(9-13(5)18-6)14-7-11(3)16(17)12(4)8-14/h7-9H,1-6H3/b15-9-,18-13+. The molecular formula is C16H21BrN2. The van der Waals surface area contributed by atoms with Gasteiger partial charge in [0.25, 0.3) is 0 Å². The molecule has 0 saturated heterocycles. The predicted molar refractivity (Wildman–Crippen MR) is 89.4 cm³/mol. The van der Waals surface area contributed by atoms with E-state index in [2.05, 4.69) is 51.9 Å². The highest BCUT2D eigenvalue weighted by molar-refractivity contribution is 9.10. The van der Waals surface area contributed by atoms with Gasteiger partial charge in [0.2, 0.25) is 0 Å². The summed E-state index contributed by atoms with van der Waals surface area (Å²) in [6.45, 7) is 10.2. The topological polar surface area (TPSA) is 24.7 Å². The van der Waals surface area contributed by atoms with Crippen LogP contribution in [0.2, 0.25) is 0 Å². The quantitative estimate of drug-likeness (QED) is 0.702. The van der Waals surface area contributed by atoms with Crippen molar-refractivity contribution in [3.8, 4) is 0 Å². The highest BCUT2D eigenvalue weighted by atomic mass is 79.9. The Kier molecular flexibility index (Phi) is 5.67. The summed E-state index contributed by atoms with van der Waals surface area (Å²) in [6.07, 6.45) is 2.02. The molecule has 3 heteroatoms. The van der Waals surface area contributed by atoms with Crippen molar-refractivity contribution >= 4 is 33.1 Å². The maximum absolute atomic E-state index is 4.63.